The van der Waals surface area contributed by atoms with E-state index in [0.717, 1.165) is 17.2 Å². The lowest BCUT2D eigenvalue weighted by molar-refractivity contribution is 0.383. The van der Waals surface area contributed by atoms with Gasteiger partial charge in [-0.15, -0.1) is 11.6 Å². The van der Waals surface area contributed by atoms with Crippen LogP contribution in [0.5, 0.6) is 0 Å². The summed E-state index contributed by atoms with van der Waals surface area (Å²) in [6.07, 6.45) is 10.7. The van der Waals surface area contributed by atoms with Crippen molar-refractivity contribution in [3.8, 4) is 0 Å². The van der Waals surface area contributed by atoms with E-state index in [-0.39, 0.29) is 5.38 Å². The van der Waals surface area contributed by atoms with Crippen LogP contribution in [0, 0.1) is 0 Å². The number of hydrogen-bond acceptors (Lipinski definition) is 1. The molecule has 2 nitrogen and oxygen atoms in total. The van der Waals surface area contributed by atoms with Crippen molar-refractivity contribution in [2.75, 3.05) is 0 Å². The number of nitrogens with one attached hydrogen (secondary N) is 2. The summed E-state index contributed by atoms with van der Waals surface area (Å²) in [5, 5.41) is 7.32. The van der Waals surface area contributed by atoms with Crippen LogP contribution in [-0.4, -0.2) is 16.5 Å². The molecular weight excluding hydrogens is 228 g/mol. The summed E-state index contributed by atoms with van der Waals surface area (Å²) in [4.78, 5) is 0. The minimum Gasteiger partial charge on any atom is -0.360 e. The Hall–Kier alpha value is -0.540. The van der Waals surface area contributed by atoms with Crippen molar-refractivity contribution in [1.82, 2.24) is 10.6 Å². The second-order valence-corrected chi connectivity index (χ2v) is 4.97. The zero-order valence-electron chi connectivity index (χ0n) is 8.50. The van der Waals surface area contributed by atoms with Crippen LogP contribution in [0.1, 0.15) is 25.7 Å². The first-order valence-corrected chi connectivity index (χ1v) is 6.18. The van der Waals surface area contributed by atoms with Gasteiger partial charge in [0.2, 0.25) is 0 Å². The van der Waals surface area contributed by atoms with Gasteiger partial charge in [0.05, 0.1) is 5.38 Å². The van der Waals surface area contributed by atoms with Gasteiger partial charge in [-0.3, -0.25) is 0 Å². The molecule has 0 heterocycles. The van der Waals surface area contributed by atoms with Crippen LogP contribution in [0.4, 0.5) is 0 Å². The van der Waals surface area contributed by atoms with Gasteiger partial charge in [0.15, 0.2) is 5.11 Å². The van der Waals surface area contributed by atoms with Crippen molar-refractivity contribution in [2.24, 2.45) is 0 Å². The number of halogens is 1. The molecule has 1 saturated carbocycles. The maximum atomic E-state index is 5.93. The first kappa shape index (κ1) is 11.0. The standard InChI is InChI=1S/C11H15ClN2S/c12-8-4-6-10(7-5-8)14-11(15)13-9-2-1-3-9/h4,6-9H,1-3,5H2,(H2,13,14,15). The van der Waals surface area contributed by atoms with Crippen LogP contribution < -0.4 is 10.6 Å². The van der Waals surface area contributed by atoms with Crippen LogP contribution in [0.15, 0.2) is 23.9 Å². The molecule has 0 radical (unpaired) electrons. The molecule has 0 bridgehead atoms. The highest BCUT2D eigenvalue weighted by molar-refractivity contribution is 7.80. The maximum Gasteiger partial charge on any atom is 0.170 e. The van der Waals surface area contributed by atoms with E-state index in [1.54, 1.807) is 0 Å². The quantitative estimate of drug-likeness (QED) is 0.575. The third-order valence-electron chi connectivity index (χ3n) is 2.75. The van der Waals surface area contributed by atoms with Crippen molar-refractivity contribution in [3.05, 3.63) is 23.9 Å². The molecule has 1 atom stereocenters. The first-order valence-electron chi connectivity index (χ1n) is 5.34. The number of allylic oxidation sites excluding steroid dienone is 3. The van der Waals surface area contributed by atoms with Crippen LogP contribution in [0.3, 0.4) is 0 Å². The Labute approximate surface area is 101 Å². The molecule has 2 aliphatic carbocycles. The first-order chi connectivity index (χ1) is 7.24. The molecule has 2 rings (SSSR count). The Morgan fingerprint density at radius 3 is 2.80 bits per heavy atom. The largest absolute Gasteiger partial charge is 0.360 e. The van der Waals surface area contributed by atoms with Gasteiger partial charge in [0.25, 0.3) is 0 Å². The second-order valence-electron chi connectivity index (χ2n) is 4.00. The number of rotatable bonds is 2. The number of thiocarbonyl (C=S) groups is 1. The van der Waals surface area contributed by atoms with Gasteiger partial charge in [0.1, 0.15) is 0 Å². The van der Waals surface area contributed by atoms with Crippen molar-refractivity contribution in [1.29, 1.82) is 0 Å². The molecule has 4 heteroatoms. The van der Waals surface area contributed by atoms with Gasteiger partial charge in [0, 0.05) is 11.7 Å². The lowest BCUT2D eigenvalue weighted by atomic mass is 9.93. The minimum atomic E-state index is 0.128. The predicted molar refractivity (Wildman–Crippen MR) is 68.0 cm³/mol. The molecule has 82 valence electrons. The summed E-state index contributed by atoms with van der Waals surface area (Å²) < 4.78 is 0. The van der Waals surface area contributed by atoms with Gasteiger partial charge in [-0.05, 0) is 44.0 Å². The van der Waals surface area contributed by atoms with E-state index in [1.165, 1.54) is 19.3 Å². The van der Waals surface area contributed by atoms with E-state index in [4.69, 9.17) is 23.8 Å². The van der Waals surface area contributed by atoms with Gasteiger partial charge in [-0.1, -0.05) is 12.2 Å². The summed E-state index contributed by atoms with van der Waals surface area (Å²) in [5.74, 6) is 0. The molecule has 0 aromatic carbocycles. The van der Waals surface area contributed by atoms with Gasteiger partial charge in [-0.2, -0.15) is 0 Å². The zero-order valence-corrected chi connectivity index (χ0v) is 10.1. The Morgan fingerprint density at radius 2 is 2.27 bits per heavy atom. The molecule has 0 aromatic heterocycles. The van der Waals surface area contributed by atoms with Crippen molar-refractivity contribution in [2.45, 2.75) is 37.1 Å². The average molecular weight is 243 g/mol. The van der Waals surface area contributed by atoms with Crippen molar-refractivity contribution >= 4 is 28.9 Å². The summed E-state index contributed by atoms with van der Waals surface area (Å²) in [7, 11) is 0. The monoisotopic (exact) mass is 242 g/mol. The molecule has 0 aromatic rings. The molecule has 1 fully saturated rings. The van der Waals surface area contributed by atoms with E-state index >= 15 is 0 Å². The fourth-order valence-electron chi connectivity index (χ4n) is 1.59. The molecule has 2 aliphatic rings. The highest BCUT2D eigenvalue weighted by atomic mass is 35.5. The Morgan fingerprint density at radius 1 is 1.47 bits per heavy atom. The van der Waals surface area contributed by atoms with Crippen LogP contribution in [0.25, 0.3) is 0 Å². The second kappa shape index (κ2) is 4.99. The summed E-state index contributed by atoms with van der Waals surface area (Å²) >= 11 is 11.1. The maximum absolute atomic E-state index is 5.93. The number of hydrogen-bond donors (Lipinski definition) is 2. The highest BCUT2D eigenvalue weighted by Gasteiger charge is 2.18. The number of alkyl halides is 1. The Bertz CT molecular complexity index is 308. The minimum absolute atomic E-state index is 0.128. The lowest BCUT2D eigenvalue weighted by Gasteiger charge is -2.28. The Kier molecular flexibility index (Phi) is 3.65. The molecular formula is C11H15ClN2S. The topological polar surface area (TPSA) is 24.1 Å². The van der Waals surface area contributed by atoms with Crippen molar-refractivity contribution in [3.63, 3.8) is 0 Å². The molecule has 0 amide bonds. The highest BCUT2D eigenvalue weighted by Crippen LogP contribution is 2.18. The van der Waals surface area contributed by atoms with E-state index in [9.17, 15) is 0 Å². The van der Waals surface area contributed by atoms with E-state index in [1.807, 2.05) is 12.2 Å². The van der Waals surface area contributed by atoms with Crippen molar-refractivity contribution < 1.29 is 0 Å². The van der Waals surface area contributed by atoms with E-state index in [2.05, 4.69) is 16.7 Å². The van der Waals surface area contributed by atoms with E-state index < -0.39 is 0 Å². The van der Waals surface area contributed by atoms with Gasteiger partial charge in [-0.25, -0.2) is 0 Å². The summed E-state index contributed by atoms with van der Waals surface area (Å²) in [5.41, 5.74) is 1.05. The zero-order chi connectivity index (χ0) is 10.7. The molecule has 0 saturated heterocycles. The molecule has 1 unspecified atom stereocenters. The summed E-state index contributed by atoms with van der Waals surface area (Å²) in [6, 6.07) is 0.582. The van der Waals surface area contributed by atoms with Gasteiger partial charge >= 0.3 is 0 Å². The fraction of sp³-hybridized carbons (Fsp3) is 0.545. The van der Waals surface area contributed by atoms with E-state index in [0.29, 0.717) is 6.04 Å². The SMILES string of the molecule is S=C(NC1=CCC(Cl)C=C1)NC1CCC1. The van der Waals surface area contributed by atoms with Crippen LogP contribution in [-0.2, 0) is 0 Å². The van der Waals surface area contributed by atoms with Crippen LogP contribution in [0.2, 0.25) is 0 Å². The molecule has 15 heavy (non-hydrogen) atoms. The molecule has 0 spiro atoms. The molecule has 2 N–H and O–H groups in total. The third kappa shape index (κ3) is 3.21. The lowest BCUT2D eigenvalue weighted by Crippen LogP contribution is -2.44. The third-order valence-corrected chi connectivity index (χ3v) is 3.29. The normalized spacial score (nSPS) is 25.4. The fourth-order valence-corrected chi connectivity index (χ4v) is 2.04. The Balaban J connectivity index is 1.76. The smallest absolute Gasteiger partial charge is 0.170 e. The van der Waals surface area contributed by atoms with Crippen LogP contribution >= 0.6 is 23.8 Å². The predicted octanol–water partition coefficient (Wildman–Crippen LogP) is 2.45. The van der Waals surface area contributed by atoms with Gasteiger partial charge < -0.3 is 10.6 Å². The molecule has 0 aliphatic heterocycles. The average Bonchev–Trinajstić information content (AvgIpc) is 2.16. The summed E-state index contributed by atoms with van der Waals surface area (Å²) in [6.45, 7) is 0.